The maximum atomic E-state index is 11.2. The summed E-state index contributed by atoms with van der Waals surface area (Å²) in [7, 11) is 0. The van der Waals surface area contributed by atoms with Gasteiger partial charge in [0.25, 0.3) is 0 Å². The van der Waals surface area contributed by atoms with E-state index < -0.39 is 0 Å². The summed E-state index contributed by atoms with van der Waals surface area (Å²) >= 11 is 0. The van der Waals surface area contributed by atoms with Crippen molar-refractivity contribution in [1.82, 2.24) is 0 Å². The lowest BCUT2D eigenvalue weighted by molar-refractivity contribution is -0.126. The normalized spacial score (nSPS) is 31.9. The average molecular weight is 154 g/mol. The average Bonchev–Trinajstić information content (AvgIpc) is 1.98. The molecule has 0 saturated heterocycles. The van der Waals surface area contributed by atoms with E-state index in [2.05, 4.69) is 6.58 Å². The third-order valence-electron chi connectivity index (χ3n) is 2.19. The number of ketones is 1. The molecule has 0 aliphatic heterocycles. The summed E-state index contributed by atoms with van der Waals surface area (Å²) in [5.41, 5.74) is 0. The van der Waals surface area contributed by atoms with Gasteiger partial charge in [-0.25, -0.2) is 0 Å². The van der Waals surface area contributed by atoms with Crippen molar-refractivity contribution in [3.8, 4) is 0 Å². The fraction of sp³-hybridized carbons (Fsp3) is 0.667. The minimum Gasteiger partial charge on any atom is -0.393 e. The molecule has 1 aliphatic carbocycles. The summed E-state index contributed by atoms with van der Waals surface area (Å²) in [6, 6.07) is 0. The van der Waals surface area contributed by atoms with E-state index in [1.807, 2.05) is 0 Å². The smallest absolute Gasteiger partial charge is 0.136 e. The maximum Gasteiger partial charge on any atom is 0.136 e. The van der Waals surface area contributed by atoms with Crippen molar-refractivity contribution in [3.63, 3.8) is 0 Å². The van der Waals surface area contributed by atoms with Gasteiger partial charge in [0.2, 0.25) is 0 Å². The van der Waals surface area contributed by atoms with Crippen molar-refractivity contribution >= 4 is 5.78 Å². The molecule has 2 nitrogen and oxygen atoms in total. The molecule has 0 bridgehead atoms. The van der Waals surface area contributed by atoms with Crippen LogP contribution in [0, 0.1) is 5.92 Å². The summed E-state index contributed by atoms with van der Waals surface area (Å²) in [6.07, 6.45) is 4.02. The monoisotopic (exact) mass is 154 g/mol. The number of allylic oxidation sites excluding steroid dienone is 1. The highest BCUT2D eigenvalue weighted by Gasteiger charge is 2.25. The van der Waals surface area contributed by atoms with Crippen LogP contribution in [0.1, 0.15) is 25.7 Å². The SMILES string of the molecule is C=CCC1CC(O)CCC1=O. The molecule has 0 radical (unpaired) electrons. The van der Waals surface area contributed by atoms with Crippen LogP contribution < -0.4 is 0 Å². The minimum absolute atomic E-state index is 0.0382. The first-order valence-electron chi connectivity index (χ1n) is 4.05. The van der Waals surface area contributed by atoms with E-state index in [-0.39, 0.29) is 17.8 Å². The van der Waals surface area contributed by atoms with Gasteiger partial charge in [0.1, 0.15) is 5.78 Å². The summed E-state index contributed by atoms with van der Waals surface area (Å²) in [6.45, 7) is 3.58. The zero-order valence-corrected chi connectivity index (χ0v) is 6.62. The largest absolute Gasteiger partial charge is 0.393 e. The van der Waals surface area contributed by atoms with E-state index in [9.17, 15) is 9.90 Å². The van der Waals surface area contributed by atoms with Gasteiger partial charge in [-0.2, -0.15) is 0 Å². The molecule has 2 unspecified atom stereocenters. The molecule has 0 aromatic rings. The molecule has 2 heteroatoms. The van der Waals surface area contributed by atoms with Gasteiger partial charge in [-0.05, 0) is 19.3 Å². The summed E-state index contributed by atoms with van der Waals surface area (Å²) in [4.78, 5) is 11.2. The molecular formula is C9H14O2. The molecule has 62 valence electrons. The first-order valence-corrected chi connectivity index (χ1v) is 4.05. The number of rotatable bonds is 2. The van der Waals surface area contributed by atoms with Gasteiger partial charge < -0.3 is 5.11 Å². The molecule has 0 spiro atoms. The Hall–Kier alpha value is -0.630. The van der Waals surface area contributed by atoms with E-state index in [0.717, 1.165) is 6.42 Å². The number of carbonyl (C=O) groups is 1. The van der Waals surface area contributed by atoms with E-state index in [1.165, 1.54) is 0 Å². The molecule has 0 aromatic heterocycles. The van der Waals surface area contributed by atoms with Crippen molar-refractivity contribution in [2.75, 3.05) is 0 Å². The molecular weight excluding hydrogens is 140 g/mol. The van der Waals surface area contributed by atoms with Crippen LogP contribution >= 0.6 is 0 Å². The number of hydrogen-bond acceptors (Lipinski definition) is 2. The standard InChI is InChI=1S/C9H14O2/c1-2-3-7-6-8(10)4-5-9(7)11/h2,7-8,10H,1,3-6H2. The highest BCUT2D eigenvalue weighted by atomic mass is 16.3. The quantitative estimate of drug-likeness (QED) is 0.608. The van der Waals surface area contributed by atoms with Crippen LogP contribution in [0.2, 0.25) is 0 Å². The first kappa shape index (κ1) is 8.47. The van der Waals surface area contributed by atoms with Crippen LogP contribution in [0.5, 0.6) is 0 Å². The van der Waals surface area contributed by atoms with Crippen LogP contribution in [-0.2, 0) is 4.79 Å². The van der Waals surface area contributed by atoms with Crippen molar-refractivity contribution < 1.29 is 9.90 Å². The van der Waals surface area contributed by atoms with Gasteiger partial charge in [0.15, 0.2) is 0 Å². The van der Waals surface area contributed by atoms with Crippen LogP contribution in [0.4, 0.5) is 0 Å². The van der Waals surface area contributed by atoms with E-state index in [0.29, 0.717) is 19.3 Å². The third kappa shape index (κ3) is 2.15. The molecule has 1 aliphatic rings. The Morgan fingerprint density at radius 1 is 1.73 bits per heavy atom. The second kappa shape index (κ2) is 3.67. The second-order valence-electron chi connectivity index (χ2n) is 3.12. The molecule has 0 aromatic carbocycles. The van der Waals surface area contributed by atoms with Crippen molar-refractivity contribution in [3.05, 3.63) is 12.7 Å². The fourth-order valence-corrected chi connectivity index (χ4v) is 1.52. The Morgan fingerprint density at radius 3 is 3.09 bits per heavy atom. The number of carbonyl (C=O) groups excluding carboxylic acids is 1. The Bertz CT molecular complexity index is 163. The van der Waals surface area contributed by atoms with Gasteiger partial charge in [0.05, 0.1) is 6.10 Å². The summed E-state index contributed by atoms with van der Waals surface area (Å²) in [5.74, 6) is 0.325. The zero-order chi connectivity index (χ0) is 8.27. The van der Waals surface area contributed by atoms with E-state index >= 15 is 0 Å². The Balaban J connectivity index is 2.46. The molecule has 11 heavy (non-hydrogen) atoms. The Kier molecular flexibility index (Phi) is 2.83. The number of aliphatic hydroxyl groups is 1. The van der Waals surface area contributed by atoms with Crippen LogP contribution in [0.15, 0.2) is 12.7 Å². The van der Waals surface area contributed by atoms with Crippen molar-refractivity contribution in [2.24, 2.45) is 5.92 Å². The molecule has 1 N–H and O–H groups in total. The summed E-state index contributed by atoms with van der Waals surface area (Å²) < 4.78 is 0. The molecule has 0 amide bonds. The minimum atomic E-state index is -0.266. The third-order valence-corrected chi connectivity index (χ3v) is 2.19. The van der Waals surface area contributed by atoms with Crippen molar-refractivity contribution in [2.45, 2.75) is 31.8 Å². The van der Waals surface area contributed by atoms with Gasteiger partial charge in [0, 0.05) is 12.3 Å². The Morgan fingerprint density at radius 2 is 2.45 bits per heavy atom. The van der Waals surface area contributed by atoms with E-state index in [4.69, 9.17) is 0 Å². The lowest BCUT2D eigenvalue weighted by atomic mass is 9.84. The van der Waals surface area contributed by atoms with Gasteiger partial charge >= 0.3 is 0 Å². The molecule has 2 atom stereocenters. The molecule has 1 fully saturated rings. The highest BCUT2D eigenvalue weighted by molar-refractivity contribution is 5.81. The lowest BCUT2D eigenvalue weighted by Crippen LogP contribution is -2.27. The van der Waals surface area contributed by atoms with Gasteiger partial charge in [-0.1, -0.05) is 6.08 Å². The topological polar surface area (TPSA) is 37.3 Å². The van der Waals surface area contributed by atoms with Crippen LogP contribution in [-0.4, -0.2) is 17.0 Å². The summed E-state index contributed by atoms with van der Waals surface area (Å²) in [5, 5.41) is 9.24. The second-order valence-corrected chi connectivity index (χ2v) is 3.12. The molecule has 1 rings (SSSR count). The fourth-order valence-electron chi connectivity index (χ4n) is 1.52. The highest BCUT2D eigenvalue weighted by Crippen LogP contribution is 2.23. The zero-order valence-electron chi connectivity index (χ0n) is 6.62. The van der Waals surface area contributed by atoms with Crippen LogP contribution in [0.25, 0.3) is 0 Å². The number of aliphatic hydroxyl groups excluding tert-OH is 1. The predicted octanol–water partition coefficient (Wildman–Crippen LogP) is 1.29. The molecule has 1 saturated carbocycles. The predicted molar refractivity (Wildman–Crippen MR) is 43.2 cm³/mol. The first-order chi connectivity index (χ1) is 5.24. The van der Waals surface area contributed by atoms with Crippen LogP contribution in [0.3, 0.4) is 0 Å². The van der Waals surface area contributed by atoms with E-state index in [1.54, 1.807) is 6.08 Å². The Labute approximate surface area is 66.9 Å². The number of hydrogen-bond donors (Lipinski definition) is 1. The van der Waals surface area contributed by atoms with Crippen molar-refractivity contribution in [1.29, 1.82) is 0 Å². The molecule has 0 heterocycles. The van der Waals surface area contributed by atoms with Gasteiger partial charge in [-0.3, -0.25) is 4.79 Å². The number of Topliss-reactive ketones (excluding diaryl/α,β-unsaturated/α-hetero) is 1. The van der Waals surface area contributed by atoms with Gasteiger partial charge in [-0.15, -0.1) is 6.58 Å². The maximum absolute atomic E-state index is 11.2. The lowest BCUT2D eigenvalue weighted by Gasteiger charge is -2.23.